The normalized spacial score (nSPS) is 12.4. The summed E-state index contributed by atoms with van der Waals surface area (Å²) >= 11 is 5.72. The molecule has 0 saturated carbocycles. The van der Waals surface area contributed by atoms with Crippen molar-refractivity contribution in [2.75, 3.05) is 32.1 Å². The molecule has 0 aromatic heterocycles. The van der Waals surface area contributed by atoms with Crippen LogP contribution < -0.4 is 0 Å². The van der Waals surface area contributed by atoms with Gasteiger partial charge in [0.2, 0.25) is 0 Å². The standard InChI is InChI=1S/C11H24ClNO/c1-5-7-13(8-6-12)9-10-14-11(2,3)4/h5-10H2,1-4H3. The molecule has 0 aliphatic heterocycles. The van der Waals surface area contributed by atoms with Gasteiger partial charge in [-0.1, -0.05) is 6.92 Å². The minimum absolute atomic E-state index is 0.0289. The summed E-state index contributed by atoms with van der Waals surface area (Å²) in [5, 5.41) is 0. The minimum atomic E-state index is -0.0289. The molecule has 0 N–H and O–H groups in total. The van der Waals surface area contributed by atoms with Gasteiger partial charge in [0, 0.05) is 19.0 Å². The third kappa shape index (κ3) is 8.79. The molecule has 0 rings (SSSR count). The van der Waals surface area contributed by atoms with Crippen LogP contribution in [-0.4, -0.2) is 42.6 Å². The zero-order chi connectivity index (χ0) is 11.0. The van der Waals surface area contributed by atoms with E-state index in [2.05, 4.69) is 32.6 Å². The van der Waals surface area contributed by atoms with E-state index in [-0.39, 0.29) is 5.60 Å². The number of nitrogens with zero attached hydrogens (tertiary/aromatic N) is 1. The van der Waals surface area contributed by atoms with Crippen molar-refractivity contribution in [1.29, 1.82) is 0 Å². The molecule has 0 heterocycles. The van der Waals surface area contributed by atoms with Crippen LogP contribution in [0.15, 0.2) is 0 Å². The fourth-order valence-electron chi connectivity index (χ4n) is 1.25. The first-order chi connectivity index (χ1) is 6.49. The zero-order valence-corrected chi connectivity index (χ0v) is 10.7. The van der Waals surface area contributed by atoms with Crippen LogP contribution in [0.1, 0.15) is 34.1 Å². The molecule has 0 aliphatic carbocycles. The molecule has 0 fully saturated rings. The number of rotatable bonds is 7. The van der Waals surface area contributed by atoms with Crippen molar-refractivity contribution in [2.45, 2.75) is 39.7 Å². The van der Waals surface area contributed by atoms with Crippen molar-refractivity contribution < 1.29 is 4.74 Å². The average molecular weight is 222 g/mol. The topological polar surface area (TPSA) is 12.5 Å². The molecule has 0 amide bonds. The molecule has 14 heavy (non-hydrogen) atoms. The first-order valence-corrected chi connectivity index (χ1v) is 5.95. The van der Waals surface area contributed by atoms with E-state index in [1.807, 2.05) is 0 Å². The summed E-state index contributed by atoms with van der Waals surface area (Å²) in [5.41, 5.74) is -0.0289. The first-order valence-electron chi connectivity index (χ1n) is 5.42. The van der Waals surface area contributed by atoms with Gasteiger partial charge in [-0.15, -0.1) is 11.6 Å². The third-order valence-electron chi connectivity index (χ3n) is 1.88. The predicted molar refractivity (Wildman–Crippen MR) is 63.2 cm³/mol. The van der Waals surface area contributed by atoms with Gasteiger partial charge in [-0.05, 0) is 33.7 Å². The average Bonchev–Trinajstić information content (AvgIpc) is 2.02. The Balaban J connectivity index is 3.60. The van der Waals surface area contributed by atoms with Gasteiger partial charge in [0.15, 0.2) is 0 Å². The lowest BCUT2D eigenvalue weighted by Crippen LogP contribution is -2.32. The Bertz CT molecular complexity index is 128. The Morgan fingerprint density at radius 3 is 2.21 bits per heavy atom. The summed E-state index contributed by atoms with van der Waals surface area (Å²) in [6, 6.07) is 0. The van der Waals surface area contributed by atoms with Crippen molar-refractivity contribution in [3.63, 3.8) is 0 Å². The van der Waals surface area contributed by atoms with Gasteiger partial charge in [-0.2, -0.15) is 0 Å². The minimum Gasteiger partial charge on any atom is -0.375 e. The summed E-state index contributed by atoms with van der Waals surface area (Å²) < 4.78 is 5.67. The van der Waals surface area contributed by atoms with Crippen molar-refractivity contribution in [3.8, 4) is 0 Å². The number of halogens is 1. The molecule has 86 valence electrons. The van der Waals surface area contributed by atoms with Crippen molar-refractivity contribution in [2.24, 2.45) is 0 Å². The van der Waals surface area contributed by atoms with E-state index in [0.29, 0.717) is 5.88 Å². The molecule has 3 heteroatoms. The van der Waals surface area contributed by atoms with Gasteiger partial charge < -0.3 is 4.74 Å². The van der Waals surface area contributed by atoms with Crippen LogP contribution in [0.5, 0.6) is 0 Å². The number of ether oxygens (including phenoxy) is 1. The van der Waals surface area contributed by atoms with E-state index in [4.69, 9.17) is 16.3 Å². The molecule has 2 nitrogen and oxygen atoms in total. The monoisotopic (exact) mass is 221 g/mol. The highest BCUT2D eigenvalue weighted by atomic mass is 35.5. The van der Waals surface area contributed by atoms with Gasteiger partial charge in [-0.25, -0.2) is 0 Å². The molecular formula is C11H24ClNO. The molecule has 0 saturated heterocycles. The Morgan fingerprint density at radius 1 is 1.14 bits per heavy atom. The molecule has 0 aliphatic rings. The Labute approximate surface area is 93.6 Å². The molecule has 0 aromatic carbocycles. The Hall–Kier alpha value is 0.210. The van der Waals surface area contributed by atoms with Crippen LogP contribution >= 0.6 is 11.6 Å². The van der Waals surface area contributed by atoms with Crippen LogP contribution in [0.3, 0.4) is 0 Å². The summed E-state index contributed by atoms with van der Waals surface area (Å²) in [6.45, 7) is 12.3. The maximum atomic E-state index is 5.72. The second kappa shape index (κ2) is 7.49. The van der Waals surface area contributed by atoms with Gasteiger partial charge in [0.05, 0.1) is 12.2 Å². The second-order valence-electron chi connectivity index (χ2n) is 4.49. The van der Waals surface area contributed by atoms with Crippen molar-refractivity contribution in [1.82, 2.24) is 4.90 Å². The van der Waals surface area contributed by atoms with Gasteiger partial charge in [-0.3, -0.25) is 4.90 Å². The fraction of sp³-hybridized carbons (Fsp3) is 1.00. The highest BCUT2D eigenvalue weighted by Crippen LogP contribution is 2.06. The van der Waals surface area contributed by atoms with Crippen LogP contribution in [-0.2, 0) is 4.74 Å². The number of hydrogen-bond acceptors (Lipinski definition) is 2. The van der Waals surface area contributed by atoms with Crippen LogP contribution in [0.2, 0.25) is 0 Å². The highest BCUT2D eigenvalue weighted by molar-refractivity contribution is 6.18. The maximum Gasteiger partial charge on any atom is 0.0600 e. The van der Waals surface area contributed by atoms with Gasteiger partial charge in [0.25, 0.3) is 0 Å². The zero-order valence-electron chi connectivity index (χ0n) is 9.98. The highest BCUT2D eigenvalue weighted by Gasteiger charge is 2.10. The van der Waals surface area contributed by atoms with E-state index in [0.717, 1.165) is 26.2 Å². The van der Waals surface area contributed by atoms with E-state index < -0.39 is 0 Å². The lowest BCUT2D eigenvalue weighted by atomic mass is 10.2. The lowest BCUT2D eigenvalue weighted by molar-refractivity contribution is -0.0125. The van der Waals surface area contributed by atoms with Crippen molar-refractivity contribution >= 4 is 11.6 Å². The smallest absolute Gasteiger partial charge is 0.0600 e. The van der Waals surface area contributed by atoms with Crippen LogP contribution in [0.25, 0.3) is 0 Å². The summed E-state index contributed by atoms with van der Waals surface area (Å²) in [4.78, 5) is 2.35. The van der Waals surface area contributed by atoms with Crippen LogP contribution in [0.4, 0.5) is 0 Å². The van der Waals surface area contributed by atoms with Gasteiger partial charge in [0.1, 0.15) is 0 Å². The second-order valence-corrected chi connectivity index (χ2v) is 4.87. The summed E-state index contributed by atoms with van der Waals surface area (Å²) in [5.74, 6) is 0.704. The molecule has 0 aromatic rings. The van der Waals surface area contributed by atoms with E-state index in [1.54, 1.807) is 0 Å². The summed E-state index contributed by atoms with van der Waals surface area (Å²) in [6.07, 6.45) is 1.17. The fourth-order valence-corrected chi connectivity index (χ4v) is 1.49. The number of hydrogen-bond donors (Lipinski definition) is 0. The van der Waals surface area contributed by atoms with Gasteiger partial charge >= 0.3 is 0 Å². The third-order valence-corrected chi connectivity index (χ3v) is 2.05. The molecule has 0 radical (unpaired) electrons. The SMILES string of the molecule is CCCN(CCCl)CCOC(C)(C)C. The molecule has 0 unspecified atom stereocenters. The predicted octanol–water partition coefficient (Wildman–Crippen LogP) is 2.75. The van der Waals surface area contributed by atoms with E-state index in [1.165, 1.54) is 6.42 Å². The molecule has 0 spiro atoms. The Kier molecular flexibility index (Phi) is 7.61. The molecule has 0 atom stereocenters. The maximum absolute atomic E-state index is 5.72. The van der Waals surface area contributed by atoms with Crippen molar-refractivity contribution in [3.05, 3.63) is 0 Å². The van der Waals surface area contributed by atoms with E-state index in [9.17, 15) is 0 Å². The lowest BCUT2D eigenvalue weighted by Gasteiger charge is -2.24. The summed E-state index contributed by atoms with van der Waals surface area (Å²) in [7, 11) is 0. The largest absolute Gasteiger partial charge is 0.375 e. The Morgan fingerprint density at radius 2 is 1.79 bits per heavy atom. The first kappa shape index (κ1) is 14.2. The van der Waals surface area contributed by atoms with E-state index >= 15 is 0 Å². The number of alkyl halides is 1. The molecular weight excluding hydrogens is 198 g/mol. The van der Waals surface area contributed by atoms with Crippen LogP contribution in [0, 0.1) is 0 Å². The quantitative estimate of drug-likeness (QED) is 0.613. The molecule has 0 bridgehead atoms.